The lowest BCUT2D eigenvalue weighted by Gasteiger charge is -2.16. The Labute approximate surface area is 224 Å². The van der Waals surface area contributed by atoms with Crippen LogP contribution in [0.2, 0.25) is 0 Å². The van der Waals surface area contributed by atoms with E-state index in [4.69, 9.17) is 14.7 Å². The lowest BCUT2D eigenvalue weighted by atomic mass is 9.95. The minimum Gasteiger partial charge on any atom is -0.497 e. The molecule has 6 rings (SSSR count). The Morgan fingerprint density at radius 1 is 0.615 bits per heavy atom. The first-order valence-electron chi connectivity index (χ1n) is 12.4. The van der Waals surface area contributed by atoms with Crippen LogP contribution in [0, 0.1) is 11.6 Å². The third-order valence-electron chi connectivity index (χ3n) is 6.50. The molecule has 0 aliphatic carbocycles. The molecule has 0 aliphatic rings. The molecule has 1 heterocycles. The van der Waals surface area contributed by atoms with Crippen molar-refractivity contribution in [2.24, 2.45) is 0 Å². The van der Waals surface area contributed by atoms with E-state index in [1.807, 2.05) is 66.7 Å². The highest BCUT2D eigenvalue weighted by molar-refractivity contribution is 6.04. The number of fused-ring (bicyclic) bond motifs is 1. The van der Waals surface area contributed by atoms with E-state index in [0.29, 0.717) is 17.3 Å². The van der Waals surface area contributed by atoms with E-state index in [-0.39, 0.29) is 11.6 Å². The third-order valence-corrected chi connectivity index (χ3v) is 6.50. The van der Waals surface area contributed by atoms with E-state index in [9.17, 15) is 8.78 Å². The van der Waals surface area contributed by atoms with Gasteiger partial charge in [0.1, 0.15) is 23.2 Å². The number of nitrogens with zero attached hydrogens (tertiary/aromatic N) is 2. The van der Waals surface area contributed by atoms with Gasteiger partial charge in [0, 0.05) is 22.2 Å². The first-order chi connectivity index (χ1) is 19.1. The number of benzene rings is 5. The fourth-order valence-electron chi connectivity index (χ4n) is 4.55. The van der Waals surface area contributed by atoms with E-state index in [1.165, 1.54) is 24.3 Å². The third kappa shape index (κ3) is 5.05. The summed E-state index contributed by atoms with van der Waals surface area (Å²) in [6.07, 6.45) is 0. The first-order valence-corrected chi connectivity index (χ1v) is 12.4. The number of methoxy groups -OCH3 is 1. The van der Waals surface area contributed by atoms with Crippen molar-refractivity contribution in [1.29, 1.82) is 0 Å². The summed E-state index contributed by atoms with van der Waals surface area (Å²) in [6, 6.07) is 34.1. The Bertz CT molecular complexity index is 1770. The monoisotopic (exact) mass is 515 g/mol. The van der Waals surface area contributed by atoms with Crippen LogP contribution in [0.3, 0.4) is 0 Å². The lowest BCUT2D eigenvalue weighted by Crippen LogP contribution is -2.01. The van der Waals surface area contributed by atoms with Gasteiger partial charge in [0.05, 0.1) is 12.6 Å². The molecule has 0 spiro atoms. The van der Waals surface area contributed by atoms with E-state index < -0.39 is 0 Å². The average Bonchev–Trinajstić information content (AvgIpc) is 2.97. The fourth-order valence-corrected chi connectivity index (χ4v) is 4.55. The second-order valence-electron chi connectivity index (χ2n) is 9.05. The van der Waals surface area contributed by atoms with Crippen molar-refractivity contribution in [3.8, 4) is 39.4 Å². The number of ether oxygens (including phenoxy) is 1. The fraction of sp³-hybridized carbons (Fsp3) is 0.0303. The average molecular weight is 516 g/mol. The van der Waals surface area contributed by atoms with Crippen LogP contribution < -0.4 is 10.1 Å². The number of nitrogens with one attached hydrogen (secondary N) is 1. The van der Waals surface area contributed by atoms with Gasteiger partial charge in [0.2, 0.25) is 0 Å². The first kappa shape index (κ1) is 24.2. The highest BCUT2D eigenvalue weighted by atomic mass is 19.1. The second kappa shape index (κ2) is 10.3. The maximum Gasteiger partial charge on any atom is 0.162 e. The number of hydrogen-bond acceptors (Lipinski definition) is 4. The van der Waals surface area contributed by atoms with Crippen LogP contribution >= 0.6 is 0 Å². The molecule has 39 heavy (non-hydrogen) atoms. The highest BCUT2D eigenvalue weighted by Gasteiger charge is 2.17. The number of anilines is 2. The summed E-state index contributed by atoms with van der Waals surface area (Å²) in [5.74, 6) is 1.15. The smallest absolute Gasteiger partial charge is 0.162 e. The molecule has 0 unspecified atom stereocenters. The van der Waals surface area contributed by atoms with Gasteiger partial charge in [-0.1, -0.05) is 60.7 Å². The number of halogens is 2. The summed E-state index contributed by atoms with van der Waals surface area (Å²) in [5.41, 5.74) is 5.65. The van der Waals surface area contributed by atoms with E-state index in [2.05, 4.69) is 5.32 Å². The van der Waals surface area contributed by atoms with Crippen molar-refractivity contribution in [2.75, 3.05) is 12.4 Å². The molecule has 6 heteroatoms. The summed E-state index contributed by atoms with van der Waals surface area (Å²) in [6.45, 7) is 0. The predicted molar refractivity (Wildman–Crippen MR) is 152 cm³/mol. The zero-order chi connectivity index (χ0) is 26.8. The van der Waals surface area contributed by atoms with Crippen molar-refractivity contribution in [3.63, 3.8) is 0 Å². The molecule has 0 bridgehead atoms. The molecule has 4 nitrogen and oxygen atoms in total. The van der Waals surface area contributed by atoms with Gasteiger partial charge in [0.15, 0.2) is 5.82 Å². The van der Waals surface area contributed by atoms with Gasteiger partial charge in [-0.2, -0.15) is 0 Å². The molecule has 0 fully saturated rings. The molecule has 0 saturated heterocycles. The molecule has 0 radical (unpaired) electrons. The lowest BCUT2D eigenvalue weighted by molar-refractivity contribution is 0.415. The van der Waals surface area contributed by atoms with Gasteiger partial charge < -0.3 is 10.1 Å². The zero-order valence-electron chi connectivity index (χ0n) is 21.0. The molecule has 5 aromatic carbocycles. The van der Waals surface area contributed by atoms with Crippen molar-refractivity contribution >= 4 is 22.4 Å². The van der Waals surface area contributed by atoms with Gasteiger partial charge in [-0.25, -0.2) is 18.7 Å². The Morgan fingerprint density at radius 3 is 2.08 bits per heavy atom. The molecular weight excluding hydrogens is 492 g/mol. The highest BCUT2D eigenvalue weighted by Crippen LogP contribution is 2.38. The summed E-state index contributed by atoms with van der Waals surface area (Å²) in [5, 5.41) is 4.05. The minimum absolute atomic E-state index is 0.306. The second-order valence-corrected chi connectivity index (χ2v) is 9.05. The topological polar surface area (TPSA) is 47.0 Å². The Hall–Kier alpha value is -5.10. The van der Waals surface area contributed by atoms with Gasteiger partial charge in [-0.15, -0.1) is 0 Å². The summed E-state index contributed by atoms with van der Waals surface area (Å²) < 4.78 is 33.2. The minimum atomic E-state index is -0.354. The molecule has 1 N–H and O–H groups in total. The zero-order valence-corrected chi connectivity index (χ0v) is 21.0. The van der Waals surface area contributed by atoms with E-state index in [0.717, 1.165) is 44.5 Å². The summed E-state index contributed by atoms with van der Waals surface area (Å²) >= 11 is 0. The van der Waals surface area contributed by atoms with Crippen LogP contribution in [-0.2, 0) is 0 Å². The Morgan fingerprint density at radius 2 is 1.36 bits per heavy atom. The molecule has 190 valence electrons. The van der Waals surface area contributed by atoms with Crippen LogP contribution in [-0.4, -0.2) is 17.1 Å². The van der Waals surface area contributed by atoms with Crippen molar-refractivity contribution < 1.29 is 13.5 Å². The quantitative estimate of drug-likeness (QED) is 0.241. The maximum atomic E-state index is 14.1. The van der Waals surface area contributed by atoms with Crippen LogP contribution in [0.4, 0.5) is 20.3 Å². The maximum absolute atomic E-state index is 14.1. The normalized spacial score (nSPS) is 10.9. The van der Waals surface area contributed by atoms with Gasteiger partial charge in [0.25, 0.3) is 0 Å². The molecule has 1 aromatic heterocycles. The number of rotatable bonds is 6. The van der Waals surface area contributed by atoms with Crippen molar-refractivity contribution in [3.05, 3.63) is 127 Å². The van der Waals surface area contributed by atoms with Crippen LogP contribution in [0.5, 0.6) is 5.75 Å². The Balaban J connectivity index is 1.65. The van der Waals surface area contributed by atoms with Crippen molar-refractivity contribution in [1.82, 2.24) is 9.97 Å². The largest absolute Gasteiger partial charge is 0.497 e. The van der Waals surface area contributed by atoms with E-state index in [1.54, 1.807) is 31.4 Å². The summed E-state index contributed by atoms with van der Waals surface area (Å²) in [4.78, 5) is 9.90. The Kier molecular flexibility index (Phi) is 6.43. The SMILES string of the molecule is COc1ccc(-c2cc(-c3ccc(F)cc3)cc3c(Nc4cccc(F)c4)nc(-c4ccccc4)nc23)cc1. The number of hydrogen-bond donors (Lipinski definition) is 1. The standard InChI is InChI=1S/C33H23F2N3O/c1-39-28-16-12-22(13-17-28)29-18-24(21-10-14-25(34)15-11-21)19-30-31(29)37-32(23-6-3-2-4-7-23)38-33(30)36-27-9-5-8-26(35)20-27/h2-20H,1H3,(H,36,37,38). The van der Waals surface area contributed by atoms with Gasteiger partial charge in [-0.3, -0.25) is 0 Å². The van der Waals surface area contributed by atoms with Crippen molar-refractivity contribution in [2.45, 2.75) is 0 Å². The molecule has 0 aliphatic heterocycles. The molecule has 0 saturated carbocycles. The molecule has 0 amide bonds. The predicted octanol–water partition coefficient (Wildman–Crippen LogP) is 8.66. The van der Waals surface area contributed by atoms with Crippen LogP contribution in [0.15, 0.2) is 115 Å². The van der Waals surface area contributed by atoms with E-state index >= 15 is 0 Å². The molecule has 0 atom stereocenters. The van der Waals surface area contributed by atoms with Crippen LogP contribution in [0.25, 0.3) is 44.5 Å². The van der Waals surface area contributed by atoms with Crippen LogP contribution in [0.1, 0.15) is 0 Å². The van der Waals surface area contributed by atoms with Gasteiger partial charge in [-0.05, 0) is 71.3 Å². The summed E-state index contributed by atoms with van der Waals surface area (Å²) in [7, 11) is 1.63. The number of aromatic nitrogens is 2. The molecule has 6 aromatic rings. The molecular formula is C33H23F2N3O. The van der Waals surface area contributed by atoms with Gasteiger partial charge >= 0.3 is 0 Å².